The summed E-state index contributed by atoms with van der Waals surface area (Å²) in [7, 11) is -2.79. The molecule has 0 atom stereocenters. The van der Waals surface area contributed by atoms with E-state index in [1.54, 1.807) is 0 Å². The molecule has 0 aliphatic rings. The summed E-state index contributed by atoms with van der Waals surface area (Å²) in [6, 6.07) is 3.85. The molecule has 3 N–H and O–H groups in total. The van der Waals surface area contributed by atoms with Crippen LogP contribution in [0, 0.1) is 0 Å². The monoisotopic (exact) mass is 350 g/mol. The zero-order chi connectivity index (χ0) is 16.9. The van der Waals surface area contributed by atoms with Crippen LogP contribution in [0.15, 0.2) is 23.1 Å². The van der Waals surface area contributed by atoms with Crippen molar-refractivity contribution in [3.8, 4) is 5.75 Å². The van der Waals surface area contributed by atoms with Crippen LogP contribution in [-0.4, -0.2) is 49.9 Å². The Kier molecular flexibility index (Phi) is 6.15. The van der Waals surface area contributed by atoms with Crippen molar-refractivity contribution in [3.05, 3.63) is 23.2 Å². The number of halogens is 1. The van der Waals surface area contributed by atoms with E-state index in [2.05, 4.69) is 0 Å². The summed E-state index contributed by atoms with van der Waals surface area (Å²) in [4.78, 5) is 21.0. The molecule has 1 aromatic carbocycles. The number of carbonyl (C=O) groups is 2. The molecule has 122 valence electrons. The predicted molar refractivity (Wildman–Crippen MR) is 78.2 cm³/mol. The van der Waals surface area contributed by atoms with Gasteiger partial charge in [-0.15, -0.1) is 0 Å². The van der Waals surface area contributed by atoms with Crippen LogP contribution in [-0.2, 0) is 19.6 Å². The molecule has 1 rings (SSSR count). The number of benzene rings is 1. The van der Waals surface area contributed by atoms with Gasteiger partial charge in [0.05, 0.1) is 6.42 Å². The van der Waals surface area contributed by atoms with Gasteiger partial charge in [-0.1, -0.05) is 11.6 Å². The molecule has 0 aliphatic carbocycles. The molecule has 0 aromatic heterocycles. The molecule has 0 radical (unpaired) electrons. The van der Waals surface area contributed by atoms with Gasteiger partial charge >= 0.3 is 5.97 Å². The largest absolute Gasteiger partial charge is 0.482 e. The van der Waals surface area contributed by atoms with Crippen LogP contribution < -0.4 is 10.5 Å². The second kappa shape index (κ2) is 7.43. The number of sulfonamides is 1. The molecule has 0 heterocycles. The van der Waals surface area contributed by atoms with E-state index in [0.717, 1.165) is 10.4 Å². The third-order valence-electron chi connectivity index (χ3n) is 2.60. The van der Waals surface area contributed by atoms with Crippen LogP contribution in [0.25, 0.3) is 0 Å². The first-order chi connectivity index (χ1) is 10.1. The summed E-state index contributed by atoms with van der Waals surface area (Å²) < 4.78 is 30.8. The molecule has 10 heteroatoms. The van der Waals surface area contributed by atoms with Gasteiger partial charge in [-0.05, 0) is 18.2 Å². The van der Waals surface area contributed by atoms with E-state index in [4.69, 9.17) is 27.2 Å². The zero-order valence-electron chi connectivity index (χ0n) is 11.7. The second-order valence-corrected chi connectivity index (χ2v) is 6.77. The fourth-order valence-corrected chi connectivity index (χ4v) is 3.05. The molecule has 0 spiro atoms. The van der Waals surface area contributed by atoms with Crippen molar-refractivity contribution < 1.29 is 27.9 Å². The SMILES string of the molecule is CN(CCC(=O)O)S(=O)(=O)c1cc(Cl)ccc1OCC(N)=O. The van der Waals surface area contributed by atoms with E-state index < -0.39 is 28.5 Å². The molecule has 22 heavy (non-hydrogen) atoms. The maximum absolute atomic E-state index is 12.4. The third kappa shape index (κ3) is 4.86. The number of nitrogens with zero attached hydrogens (tertiary/aromatic N) is 1. The van der Waals surface area contributed by atoms with Crippen molar-refractivity contribution in [2.45, 2.75) is 11.3 Å². The van der Waals surface area contributed by atoms with Crippen molar-refractivity contribution in [2.24, 2.45) is 5.73 Å². The quantitative estimate of drug-likeness (QED) is 0.694. The normalized spacial score (nSPS) is 11.4. The number of primary amides is 1. The molecule has 1 amide bonds. The molecular weight excluding hydrogens is 336 g/mol. The standard InChI is InChI=1S/C12H15ClN2O6S/c1-15(5-4-12(17)18)22(19,20)10-6-8(13)2-3-9(10)21-7-11(14)16/h2-3,6H,4-5,7H2,1H3,(H2,14,16)(H,17,18). The number of carboxylic acid groups (broad SMARTS) is 1. The lowest BCUT2D eigenvalue weighted by molar-refractivity contribution is -0.137. The lowest BCUT2D eigenvalue weighted by Crippen LogP contribution is -2.30. The number of hydrogen-bond donors (Lipinski definition) is 2. The highest BCUT2D eigenvalue weighted by Crippen LogP contribution is 2.29. The number of aliphatic carboxylic acids is 1. The predicted octanol–water partition coefficient (Wildman–Crippen LogP) is 0.299. The van der Waals surface area contributed by atoms with Gasteiger partial charge in [-0.2, -0.15) is 0 Å². The molecule has 1 aromatic rings. The molecular formula is C12H15ClN2O6S. The van der Waals surface area contributed by atoms with Crippen molar-refractivity contribution >= 4 is 33.5 Å². The first kappa shape index (κ1) is 18.2. The zero-order valence-corrected chi connectivity index (χ0v) is 13.2. The Bertz CT molecular complexity index is 676. The van der Waals surface area contributed by atoms with Crippen molar-refractivity contribution in [1.82, 2.24) is 4.31 Å². The number of ether oxygens (including phenoxy) is 1. The van der Waals surface area contributed by atoms with E-state index in [9.17, 15) is 18.0 Å². The molecule has 0 aliphatic heterocycles. The van der Waals surface area contributed by atoms with E-state index in [-0.39, 0.29) is 28.6 Å². The van der Waals surface area contributed by atoms with E-state index in [1.165, 1.54) is 19.2 Å². The molecule has 0 bridgehead atoms. The Morgan fingerprint density at radius 3 is 2.59 bits per heavy atom. The van der Waals surface area contributed by atoms with Crippen LogP contribution >= 0.6 is 11.6 Å². The van der Waals surface area contributed by atoms with Crippen LogP contribution in [0.3, 0.4) is 0 Å². The highest BCUT2D eigenvalue weighted by molar-refractivity contribution is 7.89. The van der Waals surface area contributed by atoms with Gasteiger partial charge < -0.3 is 15.6 Å². The number of carbonyl (C=O) groups excluding carboxylic acids is 1. The van der Waals surface area contributed by atoms with Gasteiger partial charge in [0.25, 0.3) is 5.91 Å². The van der Waals surface area contributed by atoms with Gasteiger partial charge in [-0.3, -0.25) is 9.59 Å². The minimum Gasteiger partial charge on any atom is -0.482 e. The highest BCUT2D eigenvalue weighted by atomic mass is 35.5. The Balaban J connectivity index is 3.13. The lowest BCUT2D eigenvalue weighted by Gasteiger charge is -2.18. The molecule has 0 saturated carbocycles. The van der Waals surface area contributed by atoms with Crippen molar-refractivity contribution in [1.29, 1.82) is 0 Å². The number of amides is 1. The Hall–Kier alpha value is -1.84. The summed E-state index contributed by atoms with van der Waals surface area (Å²) in [5, 5.41) is 8.77. The average Bonchev–Trinajstić information content (AvgIpc) is 2.42. The Morgan fingerprint density at radius 2 is 2.05 bits per heavy atom. The van der Waals surface area contributed by atoms with Crippen LogP contribution in [0.2, 0.25) is 5.02 Å². The first-order valence-corrected chi connectivity index (χ1v) is 7.85. The summed E-state index contributed by atoms with van der Waals surface area (Å²) >= 11 is 5.79. The van der Waals surface area contributed by atoms with E-state index in [0.29, 0.717) is 0 Å². The Morgan fingerprint density at radius 1 is 1.41 bits per heavy atom. The highest BCUT2D eigenvalue weighted by Gasteiger charge is 2.26. The number of hydrogen-bond acceptors (Lipinski definition) is 5. The molecule has 0 fully saturated rings. The first-order valence-electron chi connectivity index (χ1n) is 6.03. The van der Waals surface area contributed by atoms with Crippen LogP contribution in [0.1, 0.15) is 6.42 Å². The van der Waals surface area contributed by atoms with Gasteiger partial charge in [-0.25, -0.2) is 12.7 Å². The molecule has 0 unspecified atom stereocenters. The Labute approximate surface area is 132 Å². The van der Waals surface area contributed by atoms with Gasteiger partial charge in [0.1, 0.15) is 10.6 Å². The topological polar surface area (TPSA) is 127 Å². The summed E-state index contributed by atoms with van der Waals surface area (Å²) in [6.07, 6.45) is -0.353. The lowest BCUT2D eigenvalue weighted by atomic mass is 10.3. The van der Waals surface area contributed by atoms with Crippen molar-refractivity contribution in [2.75, 3.05) is 20.2 Å². The molecule has 8 nitrogen and oxygen atoms in total. The maximum Gasteiger partial charge on any atom is 0.304 e. The second-order valence-electron chi connectivity index (χ2n) is 4.32. The van der Waals surface area contributed by atoms with Gasteiger partial charge in [0.15, 0.2) is 6.61 Å². The minimum atomic E-state index is -4.03. The van der Waals surface area contributed by atoms with Crippen LogP contribution in [0.4, 0.5) is 0 Å². The van der Waals surface area contributed by atoms with Crippen molar-refractivity contribution in [3.63, 3.8) is 0 Å². The fraction of sp³-hybridized carbons (Fsp3) is 0.333. The number of nitrogens with two attached hydrogens (primary N) is 1. The third-order valence-corrected chi connectivity index (χ3v) is 4.72. The summed E-state index contributed by atoms with van der Waals surface area (Å²) in [5.74, 6) is -1.98. The summed E-state index contributed by atoms with van der Waals surface area (Å²) in [6.45, 7) is -0.720. The average molecular weight is 351 g/mol. The van der Waals surface area contributed by atoms with Gasteiger partial charge in [0.2, 0.25) is 10.0 Å². The van der Waals surface area contributed by atoms with E-state index in [1.807, 2.05) is 0 Å². The van der Waals surface area contributed by atoms with Crippen LogP contribution in [0.5, 0.6) is 5.75 Å². The van der Waals surface area contributed by atoms with Gasteiger partial charge in [0, 0.05) is 18.6 Å². The maximum atomic E-state index is 12.4. The number of rotatable bonds is 8. The van der Waals surface area contributed by atoms with E-state index >= 15 is 0 Å². The molecule has 0 saturated heterocycles. The smallest absolute Gasteiger partial charge is 0.304 e. The summed E-state index contributed by atoms with van der Waals surface area (Å²) in [5.41, 5.74) is 4.95. The number of carboxylic acids is 1. The fourth-order valence-electron chi connectivity index (χ4n) is 1.49. The minimum absolute atomic E-state index is 0.0922.